The minimum atomic E-state index is 0. The zero-order valence-electron chi connectivity index (χ0n) is 15.1. The summed E-state index contributed by atoms with van der Waals surface area (Å²) in [6.07, 6.45) is 15.3. The van der Waals surface area contributed by atoms with Crippen molar-refractivity contribution in [3.63, 3.8) is 0 Å². The minimum Gasteiger partial charge on any atom is -1.00 e. The van der Waals surface area contributed by atoms with Crippen LogP contribution in [0.15, 0.2) is 49.1 Å². The smallest absolute Gasteiger partial charge is 0.169 e. The maximum absolute atomic E-state index is 2.38. The van der Waals surface area contributed by atoms with Crippen LogP contribution in [-0.4, -0.2) is 0 Å². The Morgan fingerprint density at radius 3 is 1.79 bits per heavy atom. The topological polar surface area (TPSA) is 7.76 Å². The van der Waals surface area contributed by atoms with Gasteiger partial charge in [-0.1, -0.05) is 26.7 Å². The van der Waals surface area contributed by atoms with Crippen LogP contribution in [0.5, 0.6) is 0 Å². The summed E-state index contributed by atoms with van der Waals surface area (Å²) in [5.41, 5.74) is 2.58. The third kappa shape index (κ3) is 6.94. The number of nitrogens with zero attached hydrogens (tertiary/aromatic N) is 2. The van der Waals surface area contributed by atoms with E-state index in [1.807, 2.05) is 0 Å². The first-order valence-corrected chi connectivity index (χ1v) is 8.78. The maximum atomic E-state index is 2.38. The molecule has 0 saturated heterocycles. The molecule has 0 amide bonds. The van der Waals surface area contributed by atoms with Crippen LogP contribution in [0.3, 0.4) is 0 Å². The largest absolute Gasteiger partial charge is 1.00 e. The Labute approximate surface area is 181 Å². The van der Waals surface area contributed by atoms with E-state index in [1.165, 1.54) is 43.2 Å². The van der Waals surface area contributed by atoms with Gasteiger partial charge in [-0.15, -0.1) is 0 Å². The van der Waals surface area contributed by atoms with E-state index in [2.05, 4.69) is 79.0 Å². The predicted octanol–water partition coefficient (Wildman–Crippen LogP) is -1.51. The van der Waals surface area contributed by atoms with Gasteiger partial charge in [-0.25, -0.2) is 9.13 Å². The number of aromatic nitrogens is 2. The van der Waals surface area contributed by atoms with Crippen LogP contribution in [0.4, 0.5) is 0 Å². The lowest BCUT2D eigenvalue weighted by molar-refractivity contribution is -0.724. The van der Waals surface area contributed by atoms with Gasteiger partial charge in [0.2, 0.25) is 0 Å². The van der Waals surface area contributed by atoms with Gasteiger partial charge in [0.15, 0.2) is 30.8 Å². The first-order valence-electron chi connectivity index (χ1n) is 8.78. The first kappa shape index (κ1) is 23.8. The van der Waals surface area contributed by atoms with Gasteiger partial charge in [0, 0.05) is 37.1 Å². The SMILES string of the molecule is CCCCCC(CC)[n+]1ccc(-c2cc[n+](CC)cc2)cc1.[I-].[I-]. The fourth-order valence-electron chi connectivity index (χ4n) is 2.93. The lowest BCUT2D eigenvalue weighted by Crippen LogP contribution is -3.00. The van der Waals surface area contributed by atoms with Crippen LogP contribution >= 0.6 is 0 Å². The molecule has 2 heterocycles. The van der Waals surface area contributed by atoms with Crippen LogP contribution < -0.4 is 57.1 Å². The van der Waals surface area contributed by atoms with Crippen molar-refractivity contribution in [3.05, 3.63) is 49.1 Å². The number of rotatable bonds is 8. The molecular formula is C20H30I2N2. The Hall–Kier alpha value is -0.240. The molecule has 0 aliphatic heterocycles. The third-order valence-electron chi connectivity index (χ3n) is 4.48. The molecule has 4 heteroatoms. The second kappa shape index (κ2) is 13.0. The fraction of sp³-hybridized carbons (Fsp3) is 0.500. The van der Waals surface area contributed by atoms with Crippen molar-refractivity contribution in [1.82, 2.24) is 0 Å². The quantitative estimate of drug-likeness (QED) is 0.214. The number of aryl methyl sites for hydroxylation is 1. The minimum absolute atomic E-state index is 0. The molecule has 0 N–H and O–H groups in total. The number of pyridine rings is 2. The summed E-state index contributed by atoms with van der Waals surface area (Å²) < 4.78 is 4.57. The summed E-state index contributed by atoms with van der Waals surface area (Å²) in [7, 11) is 0. The van der Waals surface area contributed by atoms with Gasteiger partial charge in [-0.3, -0.25) is 0 Å². The number of hydrogen-bond donors (Lipinski definition) is 0. The van der Waals surface area contributed by atoms with Gasteiger partial charge < -0.3 is 48.0 Å². The van der Waals surface area contributed by atoms with Crippen LogP contribution in [0.25, 0.3) is 11.1 Å². The van der Waals surface area contributed by atoms with Crippen molar-refractivity contribution in [2.24, 2.45) is 0 Å². The maximum Gasteiger partial charge on any atom is 0.169 e. The van der Waals surface area contributed by atoms with Crippen LogP contribution in [0.2, 0.25) is 0 Å². The lowest BCUT2D eigenvalue weighted by Gasteiger charge is -2.10. The van der Waals surface area contributed by atoms with Crippen molar-refractivity contribution < 1.29 is 57.1 Å². The Kier molecular flexibility index (Phi) is 12.9. The summed E-state index contributed by atoms with van der Waals surface area (Å²) in [6, 6.07) is 9.52. The van der Waals surface area contributed by atoms with E-state index in [1.54, 1.807) is 0 Å². The van der Waals surface area contributed by atoms with Crippen molar-refractivity contribution in [2.45, 2.75) is 65.5 Å². The van der Waals surface area contributed by atoms with Crippen LogP contribution in [0.1, 0.15) is 58.9 Å². The highest BCUT2D eigenvalue weighted by Gasteiger charge is 2.15. The molecule has 24 heavy (non-hydrogen) atoms. The molecule has 134 valence electrons. The monoisotopic (exact) mass is 552 g/mol. The van der Waals surface area contributed by atoms with Crippen molar-refractivity contribution in [2.75, 3.05) is 0 Å². The number of unbranched alkanes of at least 4 members (excludes halogenated alkanes) is 2. The van der Waals surface area contributed by atoms with Crippen molar-refractivity contribution in [1.29, 1.82) is 0 Å². The Morgan fingerprint density at radius 1 is 0.792 bits per heavy atom. The third-order valence-corrected chi connectivity index (χ3v) is 4.48. The number of hydrogen-bond acceptors (Lipinski definition) is 0. The second-order valence-electron chi connectivity index (χ2n) is 6.01. The van der Waals surface area contributed by atoms with Crippen molar-refractivity contribution in [3.8, 4) is 11.1 Å². The molecule has 1 atom stereocenters. The molecule has 2 aromatic heterocycles. The van der Waals surface area contributed by atoms with Gasteiger partial charge >= 0.3 is 0 Å². The molecule has 0 aromatic carbocycles. The summed E-state index contributed by atoms with van der Waals surface area (Å²) >= 11 is 0. The standard InChI is InChI=1S/C20H30N2.2HI/c1-4-7-8-9-20(5-2)22-16-12-19(13-17-22)18-10-14-21(6-3)15-11-18;;/h10-17,20H,4-9H2,1-3H3;2*1H/q+2;;/p-2. The average Bonchev–Trinajstić information content (AvgIpc) is 2.59. The molecule has 2 rings (SSSR count). The molecule has 0 saturated carbocycles. The summed E-state index contributed by atoms with van der Waals surface area (Å²) in [5, 5.41) is 0. The zero-order chi connectivity index (χ0) is 15.8. The zero-order valence-corrected chi connectivity index (χ0v) is 19.4. The summed E-state index contributed by atoms with van der Waals surface area (Å²) in [6.45, 7) is 7.74. The van der Waals surface area contributed by atoms with Crippen LogP contribution in [0, 0.1) is 0 Å². The molecule has 2 nitrogen and oxygen atoms in total. The molecule has 0 spiro atoms. The van der Waals surface area contributed by atoms with E-state index in [0.29, 0.717) is 6.04 Å². The fourth-order valence-corrected chi connectivity index (χ4v) is 2.93. The Bertz CT molecular complexity index is 553. The average molecular weight is 552 g/mol. The molecule has 0 aliphatic carbocycles. The van der Waals surface area contributed by atoms with E-state index in [0.717, 1.165) is 6.54 Å². The highest BCUT2D eigenvalue weighted by molar-refractivity contribution is 5.60. The molecule has 0 radical (unpaired) electrons. The normalized spacial score (nSPS) is 11.3. The van der Waals surface area contributed by atoms with Gasteiger partial charge in [0.1, 0.15) is 6.54 Å². The number of halogens is 2. The highest BCUT2D eigenvalue weighted by atomic mass is 127. The highest BCUT2D eigenvalue weighted by Crippen LogP contribution is 2.18. The molecule has 0 bridgehead atoms. The Balaban J connectivity index is 0.00000264. The Morgan fingerprint density at radius 2 is 1.33 bits per heavy atom. The molecule has 0 aliphatic rings. The summed E-state index contributed by atoms with van der Waals surface area (Å²) in [5.74, 6) is 0. The van der Waals surface area contributed by atoms with Gasteiger partial charge in [0.25, 0.3) is 0 Å². The van der Waals surface area contributed by atoms with E-state index in [9.17, 15) is 0 Å². The lowest BCUT2D eigenvalue weighted by atomic mass is 10.0. The van der Waals surface area contributed by atoms with Gasteiger partial charge in [-0.05, 0) is 24.5 Å². The summed E-state index contributed by atoms with van der Waals surface area (Å²) in [4.78, 5) is 0. The molecular weight excluding hydrogens is 522 g/mol. The van der Waals surface area contributed by atoms with Gasteiger partial charge in [0.05, 0.1) is 0 Å². The van der Waals surface area contributed by atoms with E-state index >= 15 is 0 Å². The predicted molar refractivity (Wildman–Crippen MR) is 91.4 cm³/mol. The van der Waals surface area contributed by atoms with E-state index in [-0.39, 0.29) is 48.0 Å². The van der Waals surface area contributed by atoms with E-state index < -0.39 is 0 Å². The molecule has 0 fully saturated rings. The first-order chi connectivity index (χ1) is 10.8. The van der Waals surface area contributed by atoms with Crippen molar-refractivity contribution >= 4 is 0 Å². The molecule has 1 unspecified atom stereocenters. The van der Waals surface area contributed by atoms with Crippen LogP contribution in [-0.2, 0) is 6.54 Å². The van der Waals surface area contributed by atoms with Gasteiger partial charge in [-0.2, -0.15) is 0 Å². The second-order valence-corrected chi connectivity index (χ2v) is 6.01. The molecule has 2 aromatic rings. The van der Waals surface area contributed by atoms with E-state index in [4.69, 9.17) is 0 Å².